The lowest BCUT2D eigenvalue weighted by Crippen LogP contribution is -2.39. The Bertz CT molecular complexity index is 608. The Balaban J connectivity index is 0.00000312. The number of nitrogens with zero attached hydrogens (tertiary/aromatic N) is 3. The van der Waals surface area contributed by atoms with Crippen LogP contribution in [-0.2, 0) is 11.2 Å². The second-order valence-corrected chi connectivity index (χ2v) is 6.20. The number of rotatable bonds is 9. The third-order valence-corrected chi connectivity index (χ3v) is 3.52. The molecule has 0 radical (unpaired) electrons. The van der Waals surface area contributed by atoms with Gasteiger partial charge in [0.05, 0.1) is 5.69 Å². The zero-order valence-electron chi connectivity index (χ0n) is 15.4. The van der Waals surface area contributed by atoms with Gasteiger partial charge in [0.2, 0.25) is 0 Å². The van der Waals surface area contributed by atoms with Crippen LogP contribution in [-0.4, -0.2) is 48.7 Å². The highest BCUT2D eigenvalue weighted by Gasteiger charge is 2.02. The highest BCUT2D eigenvalue weighted by molar-refractivity contribution is 14.0. The van der Waals surface area contributed by atoms with Crippen molar-refractivity contribution in [3.05, 3.63) is 36.3 Å². The van der Waals surface area contributed by atoms with Gasteiger partial charge in [-0.25, -0.2) is 4.98 Å². The summed E-state index contributed by atoms with van der Waals surface area (Å²) < 4.78 is 7.61. The molecule has 0 saturated carbocycles. The first kappa shape index (κ1) is 21.7. The van der Waals surface area contributed by atoms with E-state index >= 15 is 0 Å². The van der Waals surface area contributed by atoms with Gasteiger partial charge in [0.1, 0.15) is 5.65 Å². The fourth-order valence-electron chi connectivity index (χ4n) is 2.34. The summed E-state index contributed by atoms with van der Waals surface area (Å²) in [5, 5.41) is 6.62. The van der Waals surface area contributed by atoms with Crippen molar-refractivity contribution in [3.63, 3.8) is 0 Å². The lowest BCUT2D eigenvalue weighted by Gasteiger charge is -2.12. The number of imidazole rings is 1. The van der Waals surface area contributed by atoms with Gasteiger partial charge in [0.15, 0.2) is 5.96 Å². The van der Waals surface area contributed by atoms with Crippen molar-refractivity contribution in [2.75, 3.05) is 33.4 Å². The molecule has 0 bridgehead atoms. The van der Waals surface area contributed by atoms with Crippen molar-refractivity contribution in [3.8, 4) is 0 Å². The maximum Gasteiger partial charge on any atom is 0.190 e. The Morgan fingerprint density at radius 2 is 2.08 bits per heavy atom. The summed E-state index contributed by atoms with van der Waals surface area (Å²) in [6.07, 6.45) is 5.92. The first-order chi connectivity index (χ1) is 11.7. The molecule has 2 aromatic heterocycles. The minimum absolute atomic E-state index is 0. The Morgan fingerprint density at radius 3 is 2.80 bits per heavy atom. The monoisotopic (exact) mass is 459 g/mol. The molecule has 0 unspecified atom stereocenters. The molecule has 2 heterocycles. The van der Waals surface area contributed by atoms with E-state index in [0.717, 1.165) is 56.4 Å². The first-order valence-corrected chi connectivity index (χ1v) is 8.64. The lowest BCUT2D eigenvalue weighted by molar-refractivity contribution is 0.108. The van der Waals surface area contributed by atoms with Crippen molar-refractivity contribution in [2.24, 2.45) is 10.9 Å². The summed E-state index contributed by atoms with van der Waals surface area (Å²) in [6, 6.07) is 6.02. The molecule has 0 spiro atoms. The quantitative estimate of drug-likeness (QED) is 0.262. The van der Waals surface area contributed by atoms with E-state index < -0.39 is 0 Å². The molecule has 0 saturated heterocycles. The number of fused-ring (bicyclic) bond motifs is 1. The standard InChI is InChI=1S/C18H29N5O.HI/c1-15(2)14-24-12-6-9-20-18(19-3)21-10-8-16-13-23-11-5-4-7-17(23)22-16;/h4-5,7,11,13,15H,6,8-10,12,14H2,1-3H3,(H2,19,20,21);1H. The van der Waals surface area contributed by atoms with Crippen LogP contribution in [0.1, 0.15) is 26.0 Å². The zero-order valence-corrected chi connectivity index (χ0v) is 17.7. The van der Waals surface area contributed by atoms with E-state index in [4.69, 9.17) is 4.74 Å². The van der Waals surface area contributed by atoms with Crippen LogP contribution in [0.4, 0.5) is 0 Å². The Labute approximate surface area is 167 Å². The van der Waals surface area contributed by atoms with Crippen LogP contribution in [0.5, 0.6) is 0 Å². The number of aromatic nitrogens is 2. The van der Waals surface area contributed by atoms with E-state index in [1.165, 1.54) is 0 Å². The number of aliphatic imine (C=N–C) groups is 1. The largest absolute Gasteiger partial charge is 0.381 e. The zero-order chi connectivity index (χ0) is 17.2. The molecule has 140 valence electrons. The Morgan fingerprint density at radius 1 is 1.28 bits per heavy atom. The molecule has 7 heteroatoms. The van der Waals surface area contributed by atoms with E-state index in [9.17, 15) is 0 Å². The third-order valence-electron chi connectivity index (χ3n) is 3.52. The molecule has 0 amide bonds. The second-order valence-electron chi connectivity index (χ2n) is 6.20. The molecule has 2 aromatic rings. The van der Waals surface area contributed by atoms with Crippen LogP contribution in [0, 0.1) is 5.92 Å². The van der Waals surface area contributed by atoms with Crippen LogP contribution >= 0.6 is 24.0 Å². The van der Waals surface area contributed by atoms with Gasteiger partial charge in [-0.1, -0.05) is 19.9 Å². The molecule has 0 aliphatic carbocycles. The van der Waals surface area contributed by atoms with Crippen LogP contribution in [0.2, 0.25) is 0 Å². The number of hydrogen-bond donors (Lipinski definition) is 2. The minimum Gasteiger partial charge on any atom is -0.381 e. The first-order valence-electron chi connectivity index (χ1n) is 8.64. The molecule has 0 atom stereocenters. The third kappa shape index (κ3) is 8.04. The normalized spacial score (nSPS) is 11.6. The molecule has 0 fully saturated rings. The summed E-state index contributed by atoms with van der Waals surface area (Å²) in [5.74, 6) is 1.41. The molecule has 2 N–H and O–H groups in total. The average molecular weight is 459 g/mol. The van der Waals surface area contributed by atoms with Crippen LogP contribution in [0.15, 0.2) is 35.6 Å². The van der Waals surface area contributed by atoms with E-state index in [1.54, 1.807) is 7.05 Å². The molecular weight excluding hydrogens is 429 g/mol. The van der Waals surface area contributed by atoms with Crippen molar-refractivity contribution in [2.45, 2.75) is 26.7 Å². The van der Waals surface area contributed by atoms with E-state index in [2.05, 4.69) is 40.7 Å². The smallest absolute Gasteiger partial charge is 0.190 e. The summed E-state index contributed by atoms with van der Waals surface area (Å²) in [5.41, 5.74) is 2.06. The number of pyridine rings is 1. The summed E-state index contributed by atoms with van der Waals surface area (Å²) >= 11 is 0. The van der Waals surface area contributed by atoms with Gasteiger partial charge in [0.25, 0.3) is 0 Å². The number of ether oxygens (including phenoxy) is 1. The topological polar surface area (TPSA) is 63.0 Å². The van der Waals surface area contributed by atoms with Crippen molar-refractivity contribution < 1.29 is 4.74 Å². The maximum atomic E-state index is 5.57. The van der Waals surface area contributed by atoms with Gasteiger partial charge in [0, 0.05) is 52.2 Å². The number of guanidine groups is 1. The average Bonchev–Trinajstić information content (AvgIpc) is 2.98. The number of halogens is 1. The molecule has 0 aliphatic rings. The Hall–Kier alpha value is -1.35. The van der Waals surface area contributed by atoms with E-state index in [0.29, 0.717) is 5.92 Å². The highest BCUT2D eigenvalue weighted by Crippen LogP contribution is 2.04. The Kier molecular flexibility index (Phi) is 10.5. The minimum atomic E-state index is 0. The van der Waals surface area contributed by atoms with Gasteiger partial charge >= 0.3 is 0 Å². The molecule has 25 heavy (non-hydrogen) atoms. The molecule has 2 rings (SSSR count). The van der Waals surface area contributed by atoms with E-state index in [-0.39, 0.29) is 24.0 Å². The molecular formula is C18H30IN5O. The van der Waals surface area contributed by atoms with E-state index in [1.807, 2.05) is 28.8 Å². The molecule has 0 aliphatic heterocycles. The van der Waals surface area contributed by atoms with Gasteiger partial charge in [-0.15, -0.1) is 24.0 Å². The van der Waals surface area contributed by atoms with Gasteiger partial charge in [-0.05, 0) is 24.5 Å². The molecule has 0 aromatic carbocycles. The fourth-order valence-corrected chi connectivity index (χ4v) is 2.34. The maximum absolute atomic E-state index is 5.57. The lowest BCUT2D eigenvalue weighted by atomic mass is 10.2. The van der Waals surface area contributed by atoms with Crippen LogP contribution in [0.3, 0.4) is 0 Å². The molecule has 6 nitrogen and oxygen atoms in total. The van der Waals surface area contributed by atoms with Crippen LogP contribution < -0.4 is 10.6 Å². The predicted molar refractivity (Wildman–Crippen MR) is 114 cm³/mol. The number of hydrogen-bond acceptors (Lipinski definition) is 3. The second kappa shape index (κ2) is 12.1. The predicted octanol–water partition coefficient (Wildman–Crippen LogP) is 2.72. The van der Waals surface area contributed by atoms with Gasteiger partial charge in [-0.3, -0.25) is 4.99 Å². The highest BCUT2D eigenvalue weighted by atomic mass is 127. The number of nitrogens with one attached hydrogen (secondary N) is 2. The van der Waals surface area contributed by atoms with Crippen molar-refractivity contribution >= 4 is 35.6 Å². The van der Waals surface area contributed by atoms with Crippen molar-refractivity contribution in [1.29, 1.82) is 0 Å². The van der Waals surface area contributed by atoms with Gasteiger partial charge in [-0.2, -0.15) is 0 Å². The summed E-state index contributed by atoms with van der Waals surface area (Å²) in [6.45, 7) is 7.58. The fraction of sp³-hybridized carbons (Fsp3) is 0.556. The van der Waals surface area contributed by atoms with Gasteiger partial charge < -0.3 is 19.8 Å². The summed E-state index contributed by atoms with van der Waals surface area (Å²) in [7, 11) is 1.79. The van der Waals surface area contributed by atoms with Crippen molar-refractivity contribution in [1.82, 2.24) is 20.0 Å². The SMILES string of the molecule is CN=C(NCCCOCC(C)C)NCCc1cn2ccccc2n1.I. The summed E-state index contributed by atoms with van der Waals surface area (Å²) in [4.78, 5) is 8.83. The van der Waals surface area contributed by atoms with Crippen LogP contribution in [0.25, 0.3) is 5.65 Å².